The van der Waals surface area contributed by atoms with Crippen LogP contribution in [-0.2, 0) is 17.6 Å². The average Bonchev–Trinajstić information content (AvgIpc) is 3.06. The summed E-state index contributed by atoms with van der Waals surface area (Å²) in [7, 11) is 0. The molecule has 1 aromatic rings. The van der Waals surface area contributed by atoms with Crippen LogP contribution in [0.2, 0.25) is 0 Å². The molecule has 0 aliphatic heterocycles. The van der Waals surface area contributed by atoms with Gasteiger partial charge in [0.05, 0.1) is 12.0 Å². The number of aromatic nitrogens is 2. The van der Waals surface area contributed by atoms with Crippen molar-refractivity contribution >= 4 is 5.91 Å². The van der Waals surface area contributed by atoms with E-state index in [9.17, 15) is 4.79 Å². The third kappa shape index (κ3) is 2.53. The summed E-state index contributed by atoms with van der Waals surface area (Å²) in [4.78, 5) is 16.8. The second-order valence-corrected chi connectivity index (χ2v) is 5.92. The van der Waals surface area contributed by atoms with E-state index < -0.39 is 0 Å². The Kier molecular flexibility index (Phi) is 3.58. The second kappa shape index (κ2) is 5.35. The molecule has 1 unspecified atom stereocenters. The number of nitrogens with one attached hydrogen (secondary N) is 1. The largest absolute Gasteiger partial charge is 0.352 e. The van der Waals surface area contributed by atoms with Gasteiger partial charge in [0.2, 0.25) is 5.91 Å². The molecule has 2 aliphatic rings. The fourth-order valence-corrected chi connectivity index (χ4v) is 3.34. The highest BCUT2D eigenvalue weighted by Gasteiger charge is 2.24. The summed E-state index contributed by atoms with van der Waals surface area (Å²) in [5, 5.41) is 3.19. The average molecular weight is 261 g/mol. The van der Waals surface area contributed by atoms with Gasteiger partial charge >= 0.3 is 0 Å². The fraction of sp³-hybridized carbons (Fsp3) is 0.733. The van der Waals surface area contributed by atoms with Gasteiger partial charge in [0, 0.05) is 11.7 Å². The van der Waals surface area contributed by atoms with Gasteiger partial charge in [-0.1, -0.05) is 12.8 Å². The monoisotopic (exact) mass is 261 g/mol. The third-order valence-corrected chi connectivity index (χ3v) is 4.56. The summed E-state index contributed by atoms with van der Waals surface area (Å²) in [6.07, 6.45) is 11.2. The molecule has 1 aromatic heterocycles. The van der Waals surface area contributed by atoms with Gasteiger partial charge in [0.25, 0.3) is 0 Å². The summed E-state index contributed by atoms with van der Waals surface area (Å²) in [5.74, 6) is 0.151. The minimum Gasteiger partial charge on any atom is -0.352 e. The van der Waals surface area contributed by atoms with Crippen LogP contribution >= 0.6 is 0 Å². The first-order chi connectivity index (χ1) is 9.25. The molecule has 1 saturated carbocycles. The topological polar surface area (TPSA) is 46.9 Å². The van der Waals surface area contributed by atoms with E-state index >= 15 is 0 Å². The molecule has 1 amide bonds. The van der Waals surface area contributed by atoms with Crippen LogP contribution in [0.4, 0.5) is 0 Å². The predicted octanol–water partition coefficient (Wildman–Crippen LogP) is 2.38. The summed E-state index contributed by atoms with van der Waals surface area (Å²) < 4.78 is 2.08. The fourth-order valence-electron chi connectivity index (χ4n) is 3.34. The van der Waals surface area contributed by atoms with Crippen LogP contribution in [0.3, 0.4) is 0 Å². The number of hydrogen-bond acceptors (Lipinski definition) is 2. The molecule has 104 valence electrons. The van der Waals surface area contributed by atoms with Crippen LogP contribution in [0.1, 0.15) is 62.9 Å². The van der Waals surface area contributed by atoms with Crippen molar-refractivity contribution in [1.82, 2.24) is 14.9 Å². The Bertz CT molecular complexity index is 460. The van der Waals surface area contributed by atoms with Gasteiger partial charge in [-0.3, -0.25) is 4.79 Å². The van der Waals surface area contributed by atoms with Crippen molar-refractivity contribution < 1.29 is 4.79 Å². The number of imidazole rings is 1. The Morgan fingerprint density at radius 1 is 1.32 bits per heavy atom. The van der Waals surface area contributed by atoms with Crippen molar-refractivity contribution in [3.8, 4) is 0 Å². The summed E-state index contributed by atoms with van der Waals surface area (Å²) >= 11 is 0. The number of aryl methyl sites for hydroxylation is 1. The number of fused-ring (bicyclic) bond motifs is 1. The van der Waals surface area contributed by atoms with E-state index in [1.165, 1.54) is 37.1 Å². The standard InChI is InChI=1S/C15H23N3O/c1-11(15(19)17-12-6-2-3-7-12)18-10-16-13-8-4-5-9-14(13)18/h10-12H,2-9H2,1H3,(H,17,19). The Morgan fingerprint density at radius 3 is 2.84 bits per heavy atom. The Hall–Kier alpha value is -1.32. The summed E-state index contributed by atoms with van der Waals surface area (Å²) in [5.41, 5.74) is 2.48. The summed E-state index contributed by atoms with van der Waals surface area (Å²) in [6, 6.07) is 0.268. The Balaban J connectivity index is 1.70. The van der Waals surface area contributed by atoms with E-state index in [1.54, 1.807) is 0 Å². The third-order valence-electron chi connectivity index (χ3n) is 4.56. The minimum atomic E-state index is -0.130. The highest BCUT2D eigenvalue weighted by Crippen LogP contribution is 2.24. The van der Waals surface area contributed by atoms with E-state index in [1.807, 2.05) is 13.3 Å². The van der Waals surface area contributed by atoms with E-state index in [4.69, 9.17) is 0 Å². The van der Waals surface area contributed by atoms with E-state index in [-0.39, 0.29) is 11.9 Å². The maximum atomic E-state index is 12.3. The molecule has 1 fully saturated rings. The smallest absolute Gasteiger partial charge is 0.243 e. The van der Waals surface area contributed by atoms with Crippen LogP contribution in [0.5, 0.6) is 0 Å². The van der Waals surface area contributed by atoms with Gasteiger partial charge in [0.1, 0.15) is 6.04 Å². The van der Waals surface area contributed by atoms with Crippen LogP contribution in [0.15, 0.2) is 6.33 Å². The van der Waals surface area contributed by atoms with E-state index in [2.05, 4.69) is 14.9 Å². The number of carbonyl (C=O) groups is 1. The molecule has 0 saturated heterocycles. The molecule has 0 bridgehead atoms. The first-order valence-electron chi connectivity index (χ1n) is 7.60. The van der Waals surface area contributed by atoms with Crippen molar-refractivity contribution in [2.45, 2.75) is 70.4 Å². The number of carbonyl (C=O) groups excluding carboxylic acids is 1. The molecule has 1 heterocycles. The Labute approximate surface area is 114 Å². The minimum absolute atomic E-state index is 0.130. The van der Waals surface area contributed by atoms with Gasteiger partial charge in [-0.15, -0.1) is 0 Å². The molecule has 19 heavy (non-hydrogen) atoms. The first-order valence-corrected chi connectivity index (χ1v) is 7.60. The quantitative estimate of drug-likeness (QED) is 0.908. The molecule has 2 aliphatic carbocycles. The van der Waals surface area contributed by atoms with Crippen molar-refractivity contribution in [3.05, 3.63) is 17.7 Å². The highest BCUT2D eigenvalue weighted by molar-refractivity contribution is 5.80. The van der Waals surface area contributed by atoms with Gasteiger partial charge < -0.3 is 9.88 Å². The second-order valence-electron chi connectivity index (χ2n) is 5.92. The molecular weight excluding hydrogens is 238 g/mol. The molecule has 0 spiro atoms. The van der Waals surface area contributed by atoms with Gasteiger partial charge in [0.15, 0.2) is 0 Å². The molecule has 4 heteroatoms. The number of amides is 1. The van der Waals surface area contributed by atoms with Crippen molar-refractivity contribution in [2.24, 2.45) is 0 Å². The zero-order chi connectivity index (χ0) is 13.2. The lowest BCUT2D eigenvalue weighted by Crippen LogP contribution is -2.37. The van der Waals surface area contributed by atoms with Gasteiger partial charge in [-0.05, 0) is 45.4 Å². The predicted molar refractivity (Wildman–Crippen MR) is 74.0 cm³/mol. The summed E-state index contributed by atoms with van der Waals surface area (Å²) in [6.45, 7) is 1.99. The maximum absolute atomic E-state index is 12.3. The molecular formula is C15H23N3O. The molecule has 0 radical (unpaired) electrons. The lowest BCUT2D eigenvalue weighted by molar-refractivity contribution is -0.124. The first kappa shape index (κ1) is 12.7. The van der Waals surface area contributed by atoms with Gasteiger partial charge in [-0.25, -0.2) is 4.98 Å². The SMILES string of the molecule is CC(C(=O)NC1CCCC1)n1cnc2c1CCCC2. The lowest BCUT2D eigenvalue weighted by atomic mass is 10.0. The lowest BCUT2D eigenvalue weighted by Gasteiger charge is -2.21. The normalized spacial score (nSPS) is 21.1. The Morgan fingerprint density at radius 2 is 2.05 bits per heavy atom. The van der Waals surface area contributed by atoms with E-state index in [0.29, 0.717) is 6.04 Å². The molecule has 0 aromatic carbocycles. The van der Waals surface area contributed by atoms with Crippen molar-refractivity contribution in [2.75, 3.05) is 0 Å². The van der Waals surface area contributed by atoms with Crippen molar-refractivity contribution in [3.63, 3.8) is 0 Å². The molecule has 1 N–H and O–H groups in total. The molecule has 3 rings (SSSR count). The van der Waals surface area contributed by atoms with Crippen LogP contribution in [0.25, 0.3) is 0 Å². The number of hydrogen-bond donors (Lipinski definition) is 1. The molecule has 1 atom stereocenters. The highest BCUT2D eigenvalue weighted by atomic mass is 16.2. The zero-order valence-electron chi connectivity index (χ0n) is 11.7. The van der Waals surface area contributed by atoms with Crippen LogP contribution in [-0.4, -0.2) is 21.5 Å². The van der Waals surface area contributed by atoms with Crippen LogP contribution in [0, 0.1) is 0 Å². The van der Waals surface area contributed by atoms with Gasteiger partial charge in [-0.2, -0.15) is 0 Å². The molecule has 4 nitrogen and oxygen atoms in total. The number of rotatable bonds is 3. The van der Waals surface area contributed by atoms with E-state index in [0.717, 1.165) is 25.7 Å². The van der Waals surface area contributed by atoms with Crippen LogP contribution < -0.4 is 5.32 Å². The maximum Gasteiger partial charge on any atom is 0.243 e. The van der Waals surface area contributed by atoms with Crippen molar-refractivity contribution in [1.29, 1.82) is 0 Å². The number of nitrogens with zero attached hydrogens (tertiary/aromatic N) is 2. The zero-order valence-corrected chi connectivity index (χ0v) is 11.7.